The van der Waals surface area contributed by atoms with E-state index in [0.29, 0.717) is 25.5 Å². The van der Waals surface area contributed by atoms with E-state index >= 15 is 0 Å². The molecule has 1 amide bonds. The Hall–Kier alpha value is -1.06. The van der Waals surface area contributed by atoms with Crippen molar-refractivity contribution in [3.05, 3.63) is 29.3 Å². The van der Waals surface area contributed by atoms with Crippen LogP contribution in [0.5, 0.6) is 0 Å². The van der Waals surface area contributed by atoms with Crippen LogP contribution in [-0.4, -0.2) is 11.8 Å². The molecule has 0 bridgehead atoms. The van der Waals surface area contributed by atoms with Gasteiger partial charge in [0.15, 0.2) is 0 Å². The van der Waals surface area contributed by atoms with Crippen LogP contribution in [0.1, 0.15) is 17.5 Å². The number of alkyl halides is 1. The highest BCUT2D eigenvalue weighted by Gasteiger charge is 2.11. The number of amides is 1. The highest BCUT2D eigenvalue weighted by atomic mass is 35.5. The number of hydrogen-bond donors (Lipinski definition) is 1. The maximum absolute atomic E-state index is 11.3. The Morgan fingerprint density at radius 3 is 3.00 bits per heavy atom. The maximum atomic E-state index is 11.3. The summed E-state index contributed by atoms with van der Waals surface area (Å²) in [7, 11) is 0. The molecule has 2 rings (SSSR count). The van der Waals surface area contributed by atoms with Crippen molar-refractivity contribution in [2.45, 2.75) is 19.6 Å². The van der Waals surface area contributed by atoms with Gasteiger partial charge in [0.2, 0.25) is 5.91 Å². The third-order valence-corrected chi connectivity index (χ3v) is 2.52. The standard InChI is InChI=1S/C11H12ClNO2/c12-4-3-11(14)13-10-2-1-8-6-15-7-9(8)5-10/h1-2,5H,3-4,6-7H2,(H,13,14). The quantitative estimate of drug-likeness (QED) is 0.802. The molecular weight excluding hydrogens is 214 g/mol. The molecule has 0 radical (unpaired) electrons. The Balaban J connectivity index is 2.06. The Bertz CT molecular complexity index is 379. The fourth-order valence-corrected chi connectivity index (χ4v) is 1.73. The first-order valence-electron chi connectivity index (χ1n) is 4.85. The lowest BCUT2D eigenvalue weighted by molar-refractivity contribution is -0.115. The van der Waals surface area contributed by atoms with Gasteiger partial charge in [-0.3, -0.25) is 4.79 Å². The first kappa shape index (κ1) is 10.5. The SMILES string of the molecule is O=C(CCCl)Nc1ccc2c(c1)COC2. The predicted octanol–water partition coefficient (Wildman–Crippen LogP) is 2.28. The summed E-state index contributed by atoms with van der Waals surface area (Å²) in [6.45, 7) is 1.31. The van der Waals surface area contributed by atoms with Crippen molar-refractivity contribution < 1.29 is 9.53 Å². The van der Waals surface area contributed by atoms with Crippen LogP contribution in [0.15, 0.2) is 18.2 Å². The molecule has 3 nitrogen and oxygen atoms in total. The second-order valence-corrected chi connectivity index (χ2v) is 3.84. The smallest absolute Gasteiger partial charge is 0.225 e. The number of rotatable bonds is 3. The molecule has 0 aromatic heterocycles. The largest absolute Gasteiger partial charge is 0.372 e. The monoisotopic (exact) mass is 225 g/mol. The number of nitrogens with one attached hydrogen (secondary N) is 1. The van der Waals surface area contributed by atoms with E-state index in [0.717, 1.165) is 11.3 Å². The molecule has 0 fully saturated rings. The van der Waals surface area contributed by atoms with Gasteiger partial charge in [0, 0.05) is 18.0 Å². The van der Waals surface area contributed by atoms with Crippen molar-refractivity contribution in [3.8, 4) is 0 Å². The van der Waals surface area contributed by atoms with Gasteiger partial charge in [-0.2, -0.15) is 0 Å². The molecule has 0 unspecified atom stereocenters. The second-order valence-electron chi connectivity index (χ2n) is 3.46. The van der Waals surface area contributed by atoms with E-state index in [2.05, 4.69) is 5.32 Å². The second kappa shape index (κ2) is 4.64. The van der Waals surface area contributed by atoms with Crippen molar-refractivity contribution in [2.24, 2.45) is 0 Å². The molecule has 0 saturated carbocycles. The summed E-state index contributed by atoms with van der Waals surface area (Å²) >= 11 is 5.48. The van der Waals surface area contributed by atoms with Crippen LogP contribution in [0.2, 0.25) is 0 Å². The summed E-state index contributed by atoms with van der Waals surface area (Å²) in [5.74, 6) is 0.295. The van der Waals surface area contributed by atoms with Gasteiger partial charge in [-0.05, 0) is 23.3 Å². The maximum Gasteiger partial charge on any atom is 0.225 e. The zero-order valence-electron chi connectivity index (χ0n) is 8.25. The number of fused-ring (bicyclic) bond motifs is 1. The van der Waals surface area contributed by atoms with Crippen molar-refractivity contribution in [2.75, 3.05) is 11.2 Å². The van der Waals surface area contributed by atoms with Gasteiger partial charge in [0.1, 0.15) is 0 Å². The van der Waals surface area contributed by atoms with Gasteiger partial charge in [0.05, 0.1) is 13.2 Å². The molecule has 1 heterocycles. The fourth-order valence-electron chi connectivity index (χ4n) is 1.56. The molecule has 0 saturated heterocycles. The third kappa shape index (κ3) is 2.49. The van der Waals surface area contributed by atoms with Crippen LogP contribution in [0, 0.1) is 0 Å². The molecule has 15 heavy (non-hydrogen) atoms. The van der Waals surface area contributed by atoms with E-state index in [1.807, 2.05) is 18.2 Å². The van der Waals surface area contributed by atoms with Gasteiger partial charge in [-0.15, -0.1) is 11.6 Å². The van der Waals surface area contributed by atoms with Crippen LogP contribution in [0.3, 0.4) is 0 Å². The molecule has 1 aliphatic heterocycles. The summed E-state index contributed by atoms with van der Waals surface area (Å²) in [4.78, 5) is 11.3. The molecule has 0 spiro atoms. The van der Waals surface area contributed by atoms with Crippen LogP contribution in [0.25, 0.3) is 0 Å². The Morgan fingerprint density at radius 2 is 2.20 bits per heavy atom. The summed E-state index contributed by atoms with van der Waals surface area (Å²) in [5, 5.41) is 2.79. The third-order valence-electron chi connectivity index (χ3n) is 2.33. The molecule has 4 heteroatoms. The van der Waals surface area contributed by atoms with Crippen molar-refractivity contribution in [1.29, 1.82) is 0 Å². The summed E-state index contributed by atoms with van der Waals surface area (Å²) in [6, 6.07) is 5.83. The molecule has 0 aliphatic carbocycles. The minimum Gasteiger partial charge on any atom is -0.372 e. The van der Waals surface area contributed by atoms with Crippen LogP contribution >= 0.6 is 11.6 Å². The fraction of sp³-hybridized carbons (Fsp3) is 0.364. The number of hydrogen-bond acceptors (Lipinski definition) is 2. The Kier molecular flexibility index (Phi) is 3.23. The van der Waals surface area contributed by atoms with E-state index in [1.54, 1.807) is 0 Å². The van der Waals surface area contributed by atoms with E-state index in [-0.39, 0.29) is 5.91 Å². The zero-order chi connectivity index (χ0) is 10.7. The normalized spacial score (nSPS) is 13.7. The van der Waals surface area contributed by atoms with Crippen molar-refractivity contribution in [1.82, 2.24) is 0 Å². The molecule has 1 aromatic rings. The number of halogens is 1. The average molecular weight is 226 g/mol. The summed E-state index contributed by atoms with van der Waals surface area (Å²) < 4.78 is 5.29. The molecule has 0 atom stereocenters. The summed E-state index contributed by atoms with van der Waals surface area (Å²) in [6.07, 6.45) is 0.342. The molecule has 80 valence electrons. The highest BCUT2D eigenvalue weighted by Crippen LogP contribution is 2.23. The lowest BCUT2D eigenvalue weighted by Crippen LogP contribution is -2.11. The number of carbonyl (C=O) groups excluding carboxylic acids is 1. The summed E-state index contributed by atoms with van der Waals surface area (Å²) in [5.41, 5.74) is 3.17. The van der Waals surface area contributed by atoms with Gasteiger partial charge in [-0.1, -0.05) is 6.07 Å². The molecule has 1 N–H and O–H groups in total. The predicted molar refractivity (Wildman–Crippen MR) is 58.9 cm³/mol. The van der Waals surface area contributed by atoms with Crippen LogP contribution in [0.4, 0.5) is 5.69 Å². The number of carbonyl (C=O) groups is 1. The number of benzene rings is 1. The molecular formula is C11H12ClNO2. The lowest BCUT2D eigenvalue weighted by Gasteiger charge is -2.05. The van der Waals surface area contributed by atoms with E-state index in [1.165, 1.54) is 5.56 Å². The van der Waals surface area contributed by atoms with Crippen molar-refractivity contribution in [3.63, 3.8) is 0 Å². The highest BCUT2D eigenvalue weighted by molar-refractivity contribution is 6.19. The van der Waals surface area contributed by atoms with Crippen molar-refractivity contribution >= 4 is 23.2 Å². The van der Waals surface area contributed by atoms with Crippen LogP contribution in [-0.2, 0) is 22.7 Å². The van der Waals surface area contributed by atoms with Gasteiger partial charge in [0.25, 0.3) is 0 Å². The van der Waals surface area contributed by atoms with E-state index in [4.69, 9.17) is 16.3 Å². The van der Waals surface area contributed by atoms with Crippen LogP contribution < -0.4 is 5.32 Å². The van der Waals surface area contributed by atoms with Gasteiger partial charge >= 0.3 is 0 Å². The van der Waals surface area contributed by atoms with E-state index in [9.17, 15) is 4.79 Å². The first-order chi connectivity index (χ1) is 7.29. The Morgan fingerprint density at radius 1 is 1.40 bits per heavy atom. The molecule has 1 aliphatic rings. The molecule has 1 aromatic carbocycles. The number of ether oxygens (including phenoxy) is 1. The van der Waals surface area contributed by atoms with Gasteiger partial charge < -0.3 is 10.1 Å². The number of anilines is 1. The average Bonchev–Trinajstić information content (AvgIpc) is 2.65. The lowest BCUT2D eigenvalue weighted by atomic mass is 10.1. The zero-order valence-corrected chi connectivity index (χ0v) is 9.01. The minimum absolute atomic E-state index is 0.0520. The first-order valence-corrected chi connectivity index (χ1v) is 5.38. The van der Waals surface area contributed by atoms with Gasteiger partial charge in [-0.25, -0.2) is 0 Å². The van der Waals surface area contributed by atoms with E-state index < -0.39 is 0 Å². The topological polar surface area (TPSA) is 38.3 Å². The Labute approximate surface area is 93.4 Å². The minimum atomic E-state index is -0.0520.